The Labute approximate surface area is 148 Å². The highest BCUT2D eigenvalue weighted by atomic mass is 19.1. The Morgan fingerprint density at radius 2 is 2.08 bits per heavy atom. The van der Waals surface area contributed by atoms with Crippen molar-refractivity contribution < 1.29 is 14.0 Å². The van der Waals surface area contributed by atoms with Crippen molar-refractivity contribution in [1.82, 2.24) is 9.80 Å². The van der Waals surface area contributed by atoms with Gasteiger partial charge in [-0.15, -0.1) is 0 Å². The number of rotatable bonds is 4. The lowest BCUT2D eigenvalue weighted by Gasteiger charge is -2.24. The van der Waals surface area contributed by atoms with Gasteiger partial charge in [0.1, 0.15) is 5.82 Å². The number of likely N-dealkylation sites (tertiary alicyclic amines) is 1. The molecule has 5 nitrogen and oxygen atoms in total. The highest BCUT2D eigenvalue weighted by Gasteiger charge is 2.36. The van der Waals surface area contributed by atoms with E-state index in [0.717, 1.165) is 12.8 Å². The number of benzene rings is 1. The largest absolute Gasteiger partial charge is 0.337 e. The summed E-state index contributed by atoms with van der Waals surface area (Å²) in [5, 5.41) is 0. The minimum Gasteiger partial charge on any atom is -0.337 e. The van der Waals surface area contributed by atoms with E-state index in [-0.39, 0.29) is 17.4 Å². The molecule has 25 heavy (non-hydrogen) atoms. The van der Waals surface area contributed by atoms with Crippen LogP contribution < -0.4 is 4.90 Å². The summed E-state index contributed by atoms with van der Waals surface area (Å²) in [5.74, 6) is -0.384. The molecule has 2 aliphatic heterocycles. The molecular weight excluding hydrogens is 321 g/mol. The molecule has 2 atom stereocenters. The van der Waals surface area contributed by atoms with Crippen molar-refractivity contribution in [3.05, 3.63) is 29.6 Å². The summed E-state index contributed by atoms with van der Waals surface area (Å²) >= 11 is 0. The Morgan fingerprint density at radius 3 is 2.64 bits per heavy atom. The van der Waals surface area contributed by atoms with Crippen LogP contribution in [0.15, 0.2) is 18.2 Å². The summed E-state index contributed by atoms with van der Waals surface area (Å²) < 4.78 is 14.3. The molecule has 2 fully saturated rings. The van der Waals surface area contributed by atoms with Gasteiger partial charge >= 0.3 is 0 Å². The Bertz CT molecular complexity index is 677. The second kappa shape index (κ2) is 7.12. The van der Waals surface area contributed by atoms with E-state index in [1.54, 1.807) is 15.9 Å². The zero-order valence-electron chi connectivity index (χ0n) is 15.2. The van der Waals surface area contributed by atoms with Gasteiger partial charge in [-0.3, -0.25) is 9.59 Å². The molecule has 136 valence electrons. The van der Waals surface area contributed by atoms with E-state index in [1.165, 1.54) is 12.1 Å². The maximum absolute atomic E-state index is 14.3. The van der Waals surface area contributed by atoms with Crippen LogP contribution in [0.3, 0.4) is 0 Å². The molecule has 0 aliphatic carbocycles. The van der Waals surface area contributed by atoms with E-state index >= 15 is 0 Å². The molecule has 2 heterocycles. The van der Waals surface area contributed by atoms with Crippen molar-refractivity contribution >= 4 is 17.5 Å². The molecule has 2 aliphatic rings. The molecule has 1 aromatic rings. The third kappa shape index (κ3) is 3.40. The molecule has 0 radical (unpaired) electrons. The number of likely N-dealkylation sites (N-methyl/N-ethyl adjacent to an activating group) is 1. The molecule has 2 saturated heterocycles. The van der Waals surface area contributed by atoms with Gasteiger partial charge in [0, 0.05) is 37.8 Å². The second-order valence-corrected chi connectivity index (χ2v) is 7.22. The van der Waals surface area contributed by atoms with Crippen LogP contribution in [0.2, 0.25) is 0 Å². The summed E-state index contributed by atoms with van der Waals surface area (Å²) in [6.07, 6.45) is 2.29. The highest BCUT2D eigenvalue weighted by Crippen LogP contribution is 2.28. The van der Waals surface area contributed by atoms with Gasteiger partial charge in [0.25, 0.3) is 5.91 Å². The molecule has 0 N–H and O–H groups in total. The summed E-state index contributed by atoms with van der Waals surface area (Å²) in [5.41, 5.74) is 0.675. The van der Waals surface area contributed by atoms with Crippen molar-refractivity contribution in [1.29, 1.82) is 0 Å². The molecule has 0 aromatic heterocycles. The lowest BCUT2D eigenvalue weighted by molar-refractivity contribution is -0.117. The lowest BCUT2D eigenvalue weighted by atomic mass is 10.0. The molecule has 0 unspecified atom stereocenters. The van der Waals surface area contributed by atoms with Crippen molar-refractivity contribution in [2.75, 3.05) is 38.6 Å². The number of anilines is 1. The smallest absolute Gasteiger partial charge is 0.256 e. The van der Waals surface area contributed by atoms with Gasteiger partial charge in [0.15, 0.2) is 0 Å². The number of hydrogen-bond acceptors (Lipinski definition) is 3. The Hall–Kier alpha value is -1.95. The fourth-order valence-electron chi connectivity index (χ4n) is 3.94. The van der Waals surface area contributed by atoms with Crippen LogP contribution in [-0.4, -0.2) is 61.4 Å². The third-order valence-corrected chi connectivity index (χ3v) is 5.45. The van der Waals surface area contributed by atoms with Crippen LogP contribution in [-0.2, 0) is 4.79 Å². The fraction of sp³-hybridized carbons (Fsp3) is 0.579. The fourth-order valence-corrected chi connectivity index (χ4v) is 3.94. The normalized spacial score (nSPS) is 23.8. The average molecular weight is 347 g/mol. The van der Waals surface area contributed by atoms with Gasteiger partial charge in [-0.25, -0.2) is 4.39 Å². The molecular formula is C19H26FN3O2. The molecule has 2 amide bonds. The van der Waals surface area contributed by atoms with Crippen molar-refractivity contribution in [3.63, 3.8) is 0 Å². The lowest BCUT2D eigenvalue weighted by Crippen LogP contribution is -2.36. The van der Waals surface area contributed by atoms with Crippen molar-refractivity contribution in [3.8, 4) is 0 Å². The van der Waals surface area contributed by atoms with E-state index in [1.807, 2.05) is 14.1 Å². The van der Waals surface area contributed by atoms with Crippen LogP contribution in [0.25, 0.3) is 0 Å². The molecule has 0 spiro atoms. The predicted molar refractivity (Wildman–Crippen MR) is 95.1 cm³/mol. The Balaban J connectivity index is 1.83. The summed E-state index contributed by atoms with van der Waals surface area (Å²) in [6.45, 7) is 4.00. The monoisotopic (exact) mass is 347 g/mol. The van der Waals surface area contributed by atoms with E-state index < -0.39 is 5.82 Å². The Kier molecular flexibility index (Phi) is 5.08. The molecule has 6 heteroatoms. The zero-order chi connectivity index (χ0) is 18.1. The minimum atomic E-state index is -0.526. The van der Waals surface area contributed by atoms with Crippen LogP contribution in [0.4, 0.5) is 10.1 Å². The van der Waals surface area contributed by atoms with E-state index in [2.05, 4.69) is 11.8 Å². The van der Waals surface area contributed by atoms with Gasteiger partial charge in [-0.05, 0) is 44.6 Å². The molecule has 1 aromatic carbocycles. The van der Waals surface area contributed by atoms with Crippen LogP contribution in [0.5, 0.6) is 0 Å². The van der Waals surface area contributed by atoms with E-state index in [4.69, 9.17) is 0 Å². The van der Waals surface area contributed by atoms with Gasteiger partial charge in [-0.1, -0.05) is 13.3 Å². The summed E-state index contributed by atoms with van der Waals surface area (Å²) in [6, 6.07) is 4.70. The van der Waals surface area contributed by atoms with Gasteiger partial charge in [0.05, 0.1) is 5.56 Å². The van der Waals surface area contributed by atoms with E-state index in [9.17, 15) is 14.0 Å². The summed E-state index contributed by atoms with van der Waals surface area (Å²) in [7, 11) is 4.03. The number of carbonyl (C=O) groups excluding carboxylic acids is 2. The maximum atomic E-state index is 14.3. The van der Waals surface area contributed by atoms with E-state index in [0.29, 0.717) is 43.7 Å². The number of nitrogens with zero attached hydrogens (tertiary/aromatic N) is 3. The molecule has 3 rings (SSSR count). The quantitative estimate of drug-likeness (QED) is 0.840. The minimum absolute atomic E-state index is 0.0323. The van der Waals surface area contributed by atoms with Gasteiger partial charge in [0.2, 0.25) is 5.91 Å². The predicted octanol–water partition coefficient (Wildman–Crippen LogP) is 2.36. The third-order valence-electron chi connectivity index (χ3n) is 5.45. The second-order valence-electron chi connectivity index (χ2n) is 7.22. The topological polar surface area (TPSA) is 43.9 Å². The van der Waals surface area contributed by atoms with Gasteiger partial charge < -0.3 is 14.7 Å². The maximum Gasteiger partial charge on any atom is 0.256 e. The summed E-state index contributed by atoms with van der Waals surface area (Å²) in [4.78, 5) is 30.4. The SMILES string of the molecule is CC[C@@H]1CN(C(=O)c2cc(N3CCCC3=O)ccc2F)C[C@H]1N(C)C. The number of carbonyl (C=O) groups is 2. The average Bonchev–Trinajstić information content (AvgIpc) is 3.21. The molecule has 0 bridgehead atoms. The number of halogens is 1. The first-order valence-electron chi connectivity index (χ1n) is 8.98. The first-order valence-corrected chi connectivity index (χ1v) is 8.98. The van der Waals surface area contributed by atoms with Crippen molar-refractivity contribution in [2.45, 2.75) is 32.2 Å². The van der Waals surface area contributed by atoms with Crippen LogP contribution >= 0.6 is 0 Å². The zero-order valence-corrected chi connectivity index (χ0v) is 15.2. The van der Waals surface area contributed by atoms with Crippen molar-refractivity contribution in [2.24, 2.45) is 5.92 Å². The first-order chi connectivity index (χ1) is 11.9. The Morgan fingerprint density at radius 1 is 1.32 bits per heavy atom. The van der Waals surface area contributed by atoms with Crippen LogP contribution in [0, 0.1) is 11.7 Å². The van der Waals surface area contributed by atoms with Crippen LogP contribution in [0.1, 0.15) is 36.5 Å². The number of hydrogen-bond donors (Lipinski definition) is 0. The highest BCUT2D eigenvalue weighted by molar-refractivity contribution is 5.99. The molecule has 0 saturated carbocycles. The van der Waals surface area contributed by atoms with Gasteiger partial charge in [-0.2, -0.15) is 0 Å². The first kappa shape index (κ1) is 17.9. The number of amides is 2. The standard InChI is InChI=1S/C19H26FN3O2/c1-4-13-11-22(12-17(13)21(2)3)19(25)15-10-14(7-8-16(15)20)23-9-5-6-18(23)24/h7-8,10,13,17H,4-6,9,11-12H2,1-3H3/t13-,17-/m1/s1.